The molecule has 0 fully saturated rings. The zero-order valence-corrected chi connectivity index (χ0v) is 9.93. The van der Waals surface area contributed by atoms with E-state index in [1.54, 1.807) is 0 Å². The summed E-state index contributed by atoms with van der Waals surface area (Å²) in [4.78, 5) is 0. The number of allylic oxidation sites excluding steroid dienone is 1. The molecule has 1 heterocycles. The lowest BCUT2D eigenvalue weighted by atomic mass is 10.1. The van der Waals surface area contributed by atoms with Gasteiger partial charge in [-0.1, -0.05) is 6.08 Å². The third-order valence-electron chi connectivity index (χ3n) is 2.71. The van der Waals surface area contributed by atoms with Crippen LogP contribution in [0.15, 0.2) is 12.7 Å². The summed E-state index contributed by atoms with van der Waals surface area (Å²) in [6.07, 6.45) is 4.17. The number of nitrogens with zero attached hydrogens (tertiary/aromatic N) is 1. The van der Waals surface area contributed by atoms with Gasteiger partial charge in [0.15, 0.2) is 0 Å². The highest BCUT2D eigenvalue weighted by molar-refractivity contribution is 5.22. The number of nitrogens with one attached hydrogen (secondary N) is 2. The molecule has 0 saturated heterocycles. The third kappa shape index (κ3) is 3.51. The quantitative estimate of drug-likeness (QED) is 0.704. The second-order valence-electron chi connectivity index (χ2n) is 4.06. The lowest BCUT2D eigenvalue weighted by molar-refractivity contribution is 0.516. The topological polar surface area (TPSA) is 40.7 Å². The number of hydrogen-bond acceptors (Lipinski definition) is 2. The van der Waals surface area contributed by atoms with E-state index >= 15 is 0 Å². The van der Waals surface area contributed by atoms with E-state index in [1.807, 2.05) is 13.0 Å². The molecule has 0 aliphatic rings. The van der Waals surface area contributed by atoms with Crippen LogP contribution in [-0.4, -0.2) is 16.2 Å². The second kappa shape index (κ2) is 5.71. The fourth-order valence-electron chi connectivity index (χ4n) is 1.58. The molecule has 1 rings (SSSR count). The monoisotopic (exact) mass is 207 g/mol. The maximum absolute atomic E-state index is 4.18. The average Bonchev–Trinajstić information content (AvgIpc) is 2.53. The summed E-state index contributed by atoms with van der Waals surface area (Å²) in [5.74, 6) is 0. The van der Waals surface area contributed by atoms with Gasteiger partial charge in [0.25, 0.3) is 0 Å². The van der Waals surface area contributed by atoms with Crippen molar-refractivity contribution in [2.45, 2.75) is 46.2 Å². The Labute approximate surface area is 92.0 Å². The molecule has 1 atom stereocenters. The Hall–Kier alpha value is -1.09. The van der Waals surface area contributed by atoms with Crippen molar-refractivity contribution in [1.82, 2.24) is 15.5 Å². The van der Waals surface area contributed by atoms with E-state index in [2.05, 4.69) is 35.9 Å². The third-order valence-corrected chi connectivity index (χ3v) is 2.71. The van der Waals surface area contributed by atoms with Crippen molar-refractivity contribution in [2.24, 2.45) is 0 Å². The SMILES string of the molecule is C=CCCC(C)NCc1c(C)n[nH]c1C. The lowest BCUT2D eigenvalue weighted by Crippen LogP contribution is -2.25. The fourth-order valence-corrected chi connectivity index (χ4v) is 1.58. The van der Waals surface area contributed by atoms with Gasteiger partial charge in [0.1, 0.15) is 0 Å². The molecule has 0 spiro atoms. The lowest BCUT2D eigenvalue weighted by Gasteiger charge is -2.12. The van der Waals surface area contributed by atoms with E-state index in [1.165, 1.54) is 5.56 Å². The summed E-state index contributed by atoms with van der Waals surface area (Å²) in [5, 5.41) is 10.7. The van der Waals surface area contributed by atoms with Crippen molar-refractivity contribution in [3.8, 4) is 0 Å². The molecule has 0 aromatic carbocycles. The van der Waals surface area contributed by atoms with Crippen molar-refractivity contribution in [1.29, 1.82) is 0 Å². The highest BCUT2D eigenvalue weighted by atomic mass is 15.1. The minimum Gasteiger partial charge on any atom is -0.310 e. The molecule has 3 heteroatoms. The van der Waals surface area contributed by atoms with Gasteiger partial charge < -0.3 is 5.32 Å². The van der Waals surface area contributed by atoms with E-state index in [-0.39, 0.29) is 0 Å². The summed E-state index contributed by atoms with van der Waals surface area (Å²) in [7, 11) is 0. The molecular weight excluding hydrogens is 186 g/mol. The van der Waals surface area contributed by atoms with Gasteiger partial charge in [-0.3, -0.25) is 5.10 Å². The Morgan fingerprint density at radius 3 is 2.80 bits per heavy atom. The van der Waals surface area contributed by atoms with Gasteiger partial charge in [-0.05, 0) is 33.6 Å². The highest BCUT2D eigenvalue weighted by Crippen LogP contribution is 2.09. The number of aryl methyl sites for hydroxylation is 2. The summed E-state index contributed by atoms with van der Waals surface area (Å²) in [6, 6.07) is 0.525. The largest absolute Gasteiger partial charge is 0.310 e. The summed E-state index contributed by atoms with van der Waals surface area (Å²) < 4.78 is 0. The van der Waals surface area contributed by atoms with Gasteiger partial charge in [-0.15, -0.1) is 6.58 Å². The zero-order chi connectivity index (χ0) is 11.3. The van der Waals surface area contributed by atoms with Crippen LogP contribution in [0.1, 0.15) is 36.7 Å². The molecule has 3 nitrogen and oxygen atoms in total. The van der Waals surface area contributed by atoms with Gasteiger partial charge in [0.2, 0.25) is 0 Å². The molecule has 0 radical (unpaired) electrons. The predicted octanol–water partition coefficient (Wildman–Crippen LogP) is 2.47. The van der Waals surface area contributed by atoms with Crippen molar-refractivity contribution >= 4 is 0 Å². The highest BCUT2D eigenvalue weighted by Gasteiger charge is 2.07. The Kier molecular flexibility index (Phi) is 4.56. The molecule has 2 N–H and O–H groups in total. The van der Waals surface area contributed by atoms with Crippen LogP contribution in [0, 0.1) is 13.8 Å². The van der Waals surface area contributed by atoms with Crippen molar-refractivity contribution in [2.75, 3.05) is 0 Å². The molecule has 15 heavy (non-hydrogen) atoms. The number of aromatic nitrogens is 2. The first-order valence-electron chi connectivity index (χ1n) is 5.50. The number of aromatic amines is 1. The number of rotatable bonds is 6. The zero-order valence-electron chi connectivity index (χ0n) is 9.93. The first-order valence-corrected chi connectivity index (χ1v) is 5.50. The van der Waals surface area contributed by atoms with Crippen LogP contribution < -0.4 is 5.32 Å². The van der Waals surface area contributed by atoms with Gasteiger partial charge in [0.05, 0.1) is 5.69 Å². The van der Waals surface area contributed by atoms with Crippen molar-refractivity contribution < 1.29 is 0 Å². The van der Waals surface area contributed by atoms with Gasteiger partial charge >= 0.3 is 0 Å². The van der Waals surface area contributed by atoms with Crippen LogP contribution in [0.4, 0.5) is 0 Å². The Morgan fingerprint density at radius 1 is 1.53 bits per heavy atom. The van der Waals surface area contributed by atoms with Crippen LogP contribution in [-0.2, 0) is 6.54 Å². The minimum absolute atomic E-state index is 0.525. The molecule has 1 aromatic rings. The van der Waals surface area contributed by atoms with Gasteiger partial charge in [-0.2, -0.15) is 5.10 Å². The molecular formula is C12H21N3. The van der Waals surface area contributed by atoms with Crippen molar-refractivity contribution in [3.05, 3.63) is 29.6 Å². The van der Waals surface area contributed by atoms with Crippen LogP contribution in [0.2, 0.25) is 0 Å². The molecule has 1 aromatic heterocycles. The van der Waals surface area contributed by atoms with E-state index in [0.29, 0.717) is 6.04 Å². The van der Waals surface area contributed by atoms with Gasteiger partial charge in [0, 0.05) is 23.8 Å². The normalized spacial score (nSPS) is 12.7. The van der Waals surface area contributed by atoms with Crippen LogP contribution in [0.5, 0.6) is 0 Å². The van der Waals surface area contributed by atoms with Crippen LogP contribution in [0.25, 0.3) is 0 Å². The molecule has 0 saturated carbocycles. The van der Waals surface area contributed by atoms with E-state index in [9.17, 15) is 0 Å². The summed E-state index contributed by atoms with van der Waals surface area (Å²) in [5.41, 5.74) is 3.55. The Bertz CT molecular complexity index is 295. The Morgan fingerprint density at radius 2 is 2.27 bits per heavy atom. The number of hydrogen-bond donors (Lipinski definition) is 2. The first kappa shape index (κ1) is 12.0. The first-order chi connectivity index (χ1) is 7.15. The standard InChI is InChI=1S/C12H21N3/c1-5-6-7-9(2)13-8-12-10(3)14-15-11(12)4/h5,9,13H,1,6-8H2,2-4H3,(H,14,15). The summed E-state index contributed by atoms with van der Waals surface area (Å²) in [6.45, 7) is 10.9. The molecule has 0 aliphatic heterocycles. The smallest absolute Gasteiger partial charge is 0.0638 e. The molecule has 1 unspecified atom stereocenters. The maximum Gasteiger partial charge on any atom is 0.0638 e. The minimum atomic E-state index is 0.525. The maximum atomic E-state index is 4.18. The molecule has 84 valence electrons. The predicted molar refractivity (Wildman–Crippen MR) is 63.8 cm³/mol. The van der Waals surface area contributed by atoms with Gasteiger partial charge in [-0.25, -0.2) is 0 Å². The van der Waals surface area contributed by atoms with Crippen LogP contribution in [0.3, 0.4) is 0 Å². The molecule has 0 bridgehead atoms. The average molecular weight is 207 g/mol. The van der Waals surface area contributed by atoms with E-state index in [4.69, 9.17) is 0 Å². The Balaban J connectivity index is 2.39. The molecule has 0 amide bonds. The number of H-pyrrole nitrogens is 1. The van der Waals surface area contributed by atoms with E-state index in [0.717, 1.165) is 30.8 Å². The fraction of sp³-hybridized carbons (Fsp3) is 0.583. The second-order valence-corrected chi connectivity index (χ2v) is 4.06. The van der Waals surface area contributed by atoms with Crippen LogP contribution >= 0.6 is 0 Å². The van der Waals surface area contributed by atoms with E-state index < -0.39 is 0 Å². The molecule has 0 aliphatic carbocycles. The summed E-state index contributed by atoms with van der Waals surface area (Å²) >= 11 is 0. The van der Waals surface area contributed by atoms with Crippen molar-refractivity contribution in [3.63, 3.8) is 0 Å².